The van der Waals surface area contributed by atoms with Crippen molar-refractivity contribution in [1.29, 1.82) is 5.26 Å². The van der Waals surface area contributed by atoms with Crippen LogP contribution in [-0.4, -0.2) is 19.0 Å². The molecule has 0 aromatic carbocycles. The average molecular weight is 287 g/mol. The second-order valence-electron chi connectivity index (χ2n) is 7.43. The van der Waals surface area contributed by atoms with Crippen LogP contribution in [0.1, 0.15) is 45.4 Å². The van der Waals surface area contributed by atoms with Gasteiger partial charge in [0.15, 0.2) is 0 Å². The SMILES string of the molecule is CN/C=C(/C#N)C(=O)NC(C)C12CC3CC(CC(C3)C1)C2. The van der Waals surface area contributed by atoms with E-state index >= 15 is 0 Å². The number of carbonyl (C=O) groups excluding carboxylic acids is 1. The molecule has 0 heterocycles. The van der Waals surface area contributed by atoms with E-state index in [1.54, 1.807) is 7.05 Å². The first kappa shape index (κ1) is 14.4. The molecule has 4 aliphatic carbocycles. The minimum Gasteiger partial charge on any atom is -0.393 e. The van der Waals surface area contributed by atoms with E-state index in [-0.39, 0.29) is 22.9 Å². The molecule has 0 saturated heterocycles. The fourth-order valence-corrected chi connectivity index (χ4v) is 5.43. The summed E-state index contributed by atoms with van der Waals surface area (Å²) < 4.78 is 0. The number of carbonyl (C=O) groups is 1. The quantitative estimate of drug-likeness (QED) is 0.616. The molecule has 4 saturated carbocycles. The Morgan fingerprint density at radius 2 is 1.76 bits per heavy atom. The lowest BCUT2D eigenvalue weighted by Gasteiger charge is -2.59. The van der Waals surface area contributed by atoms with Crippen LogP contribution < -0.4 is 10.6 Å². The molecule has 4 fully saturated rings. The van der Waals surface area contributed by atoms with Crippen molar-refractivity contribution in [3.8, 4) is 6.07 Å². The van der Waals surface area contributed by atoms with Gasteiger partial charge in [-0.25, -0.2) is 0 Å². The Kier molecular flexibility index (Phi) is 3.69. The highest BCUT2D eigenvalue weighted by molar-refractivity contribution is 5.97. The summed E-state index contributed by atoms with van der Waals surface area (Å²) >= 11 is 0. The minimum absolute atomic E-state index is 0.159. The lowest BCUT2D eigenvalue weighted by molar-refractivity contribution is -0.122. The van der Waals surface area contributed by atoms with Gasteiger partial charge < -0.3 is 10.6 Å². The van der Waals surface area contributed by atoms with Crippen LogP contribution in [0.2, 0.25) is 0 Å². The van der Waals surface area contributed by atoms with Crippen molar-refractivity contribution in [2.24, 2.45) is 23.2 Å². The van der Waals surface area contributed by atoms with Crippen molar-refractivity contribution in [3.05, 3.63) is 11.8 Å². The Morgan fingerprint density at radius 3 is 2.19 bits per heavy atom. The van der Waals surface area contributed by atoms with E-state index in [2.05, 4.69) is 17.6 Å². The maximum absolute atomic E-state index is 12.2. The summed E-state index contributed by atoms with van der Waals surface area (Å²) in [5, 5.41) is 14.9. The Hall–Kier alpha value is -1.50. The zero-order chi connectivity index (χ0) is 15.0. The first-order valence-corrected chi connectivity index (χ1v) is 8.14. The van der Waals surface area contributed by atoms with Gasteiger partial charge in [-0.15, -0.1) is 0 Å². The van der Waals surface area contributed by atoms with E-state index < -0.39 is 0 Å². The second kappa shape index (κ2) is 5.36. The Labute approximate surface area is 127 Å². The molecule has 0 radical (unpaired) electrons. The summed E-state index contributed by atoms with van der Waals surface area (Å²) in [6.45, 7) is 2.14. The van der Waals surface area contributed by atoms with E-state index in [0.717, 1.165) is 17.8 Å². The maximum Gasteiger partial charge on any atom is 0.263 e. The topological polar surface area (TPSA) is 64.9 Å². The monoisotopic (exact) mass is 287 g/mol. The van der Waals surface area contributed by atoms with Crippen molar-refractivity contribution in [1.82, 2.24) is 10.6 Å². The largest absolute Gasteiger partial charge is 0.393 e. The Balaban J connectivity index is 1.71. The molecular weight excluding hydrogens is 262 g/mol. The molecule has 4 bridgehead atoms. The van der Waals surface area contributed by atoms with E-state index in [0.29, 0.717) is 0 Å². The number of nitrogens with zero attached hydrogens (tertiary/aromatic N) is 1. The van der Waals surface area contributed by atoms with Gasteiger partial charge in [-0.2, -0.15) is 5.26 Å². The normalized spacial score (nSPS) is 38.7. The Bertz CT molecular complexity index is 467. The number of nitrogens with one attached hydrogen (secondary N) is 2. The summed E-state index contributed by atoms with van der Waals surface area (Å²) in [4.78, 5) is 12.2. The lowest BCUT2D eigenvalue weighted by Crippen LogP contribution is -2.56. The van der Waals surface area contributed by atoms with Crippen LogP contribution in [0.25, 0.3) is 0 Å². The van der Waals surface area contributed by atoms with Gasteiger partial charge in [0.05, 0.1) is 0 Å². The fourth-order valence-electron chi connectivity index (χ4n) is 5.43. The molecule has 0 aromatic heterocycles. The third-order valence-electron chi connectivity index (χ3n) is 6.01. The van der Waals surface area contributed by atoms with E-state index in [9.17, 15) is 4.79 Å². The predicted molar refractivity (Wildman–Crippen MR) is 81.0 cm³/mol. The van der Waals surface area contributed by atoms with Crippen molar-refractivity contribution in [2.75, 3.05) is 7.05 Å². The first-order chi connectivity index (χ1) is 10.1. The van der Waals surface area contributed by atoms with Crippen molar-refractivity contribution < 1.29 is 4.79 Å². The smallest absolute Gasteiger partial charge is 0.263 e. The number of nitriles is 1. The molecule has 1 unspecified atom stereocenters. The number of amides is 1. The van der Waals surface area contributed by atoms with Crippen LogP contribution in [0.4, 0.5) is 0 Å². The van der Waals surface area contributed by atoms with Gasteiger partial charge in [0.25, 0.3) is 5.91 Å². The number of rotatable bonds is 4. The summed E-state index contributed by atoms with van der Waals surface area (Å²) in [7, 11) is 1.70. The van der Waals surface area contributed by atoms with E-state index in [4.69, 9.17) is 5.26 Å². The molecule has 0 spiro atoms. The van der Waals surface area contributed by atoms with Crippen LogP contribution in [-0.2, 0) is 4.79 Å². The molecule has 1 atom stereocenters. The van der Waals surface area contributed by atoms with Crippen LogP contribution in [0, 0.1) is 34.5 Å². The van der Waals surface area contributed by atoms with Gasteiger partial charge in [-0.05, 0) is 68.6 Å². The summed E-state index contributed by atoms with van der Waals surface area (Å²) in [6.07, 6.45) is 9.48. The molecular formula is C17H25N3O. The molecule has 1 amide bonds. The maximum atomic E-state index is 12.2. The molecule has 4 aliphatic rings. The minimum atomic E-state index is -0.241. The Morgan fingerprint density at radius 1 is 1.24 bits per heavy atom. The highest BCUT2D eigenvalue weighted by atomic mass is 16.1. The molecule has 4 heteroatoms. The van der Waals surface area contributed by atoms with E-state index in [1.807, 2.05) is 6.07 Å². The standard InChI is InChI=1S/C17H25N3O/c1-11(20-16(21)15(9-18)10-19-2)17-6-12-3-13(7-17)5-14(4-12)8-17/h10-14,19H,3-8H2,1-2H3,(H,20,21)/b15-10-. The number of hydrogen-bond acceptors (Lipinski definition) is 3. The van der Waals surface area contributed by atoms with Crippen LogP contribution in [0.15, 0.2) is 11.8 Å². The van der Waals surface area contributed by atoms with Gasteiger partial charge in [0.1, 0.15) is 11.6 Å². The number of hydrogen-bond donors (Lipinski definition) is 2. The van der Waals surface area contributed by atoms with Crippen LogP contribution in [0.5, 0.6) is 0 Å². The summed E-state index contributed by atoms with van der Waals surface area (Å²) in [5.41, 5.74) is 0.444. The van der Waals surface area contributed by atoms with E-state index in [1.165, 1.54) is 44.7 Å². The highest BCUT2D eigenvalue weighted by Crippen LogP contribution is 2.61. The molecule has 114 valence electrons. The summed E-state index contributed by atoms with van der Waals surface area (Å²) in [6, 6.07) is 2.13. The molecule has 4 rings (SSSR count). The van der Waals surface area contributed by atoms with Crippen molar-refractivity contribution >= 4 is 5.91 Å². The molecule has 21 heavy (non-hydrogen) atoms. The van der Waals surface area contributed by atoms with Gasteiger partial charge in [-0.3, -0.25) is 4.79 Å². The van der Waals surface area contributed by atoms with Crippen molar-refractivity contribution in [2.45, 2.75) is 51.5 Å². The van der Waals surface area contributed by atoms with Gasteiger partial charge >= 0.3 is 0 Å². The fraction of sp³-hybridized carbons (Fsp3) is 0.765. The van der Waals surface area contributed by atoms with Crippen LogP contribution >= 0.6 is 0 Å². The molecule has 2 N–H and O–H groups in total. The average Bonchev–Trinajstić information content (AvgIpc) is 2.43. The van der Waals surface area contributed by atoms with Gasteiger partial charge in [-0.1, -0.05) is 0 Å². The zero-order valence-corrected chi connectivity index (χ0v) is 13.0. The van der Waals surface area contributed by atoms with Crippen molar-refractivity contribution in [3.63, 3.8) is 0 Å². The summed E-state index contributed by atoms with van der Waals surface area (Å²) in [5.74, 6) is 2.38. The highest BCUT2D eigenvalue weighted by Gasteiger charge is 2.53. The molecule has 0 aliphatic heterocycles. The first-order valence-electron chi connectivity index (χ1n) is 8.14. The predicted octanol–water partition coefficient (Wildman–Crippen LogP) is 2.33. The molecule has 4 nitrogen and oxygen atoms in total. The third-order valence-corrected chi connectivity index (χ3v) is 6.01. The third kappa shape index (κ3) is 2.54. The van der Waals surface area contributed by atoms with Gasteiger partial charge in [0, 0.05) is 19.3 Å². The lowest BCUT2D eigenvalue weighted by atomic mass is 9.48. The molecule has 0 aromatic rings. The second-order valence-corrected chi connectivity index (χ2v) is 7.43. The van der Waals surface area contributed by atoms with Crippen LogP contribution in [0.3, 0.4) is 0 Å². The van der Waals surface area contributed by atoms with Gasteiger partial charge in [0.2, 0.25) is 0 Å². The zero-order valence-electron chi connectivity index (χ0n) is 13.0.